The summed E-state index contributed by atoms with van der Waals surface area (Å²) < 4.78 is 11.3. The highest BCUT2D eigenvalue weighted by atomic mass is 16.5. The molecule has 3 rings (SSSR count). The van der Waals surface area contributed by atoms with Crippen molar-refractivity contribution in [3.05, 3.63) is 59.2 Å². The Bertz CT molecular complexity index is 911. The molecule has 1 atom stereocenters. The smallest absolute Gasteiger partial charge is 0.225 e. The molecule has 1 heterocycles. The van der Waals surface area contributed by atoms with Gasteiger partial charge in [-0.15, -0.1) is 0 Å². The minimum absolute atomic E-state index is 0.0489. The predicted molar refractivity (Wildman–Crippen MR) is 125 cm³/mol. The van der Waals surface area contributed by atoms with Gasteiger partial charge in [0.25, 0.3) is 0 Å². The number of amides is 2. The summed E-state index contributed by atoms with van der Waals surface area (Å²) >= 11 is 0. The second-order valence-corrected chi connectivity index (χ2v) is 8.16. The van der Waals surface area contributed by atoms with Crippen molar-refractivity contribution in [1.29, 1.82) is 0 Å². The Kier molecular flexibility index (Phi) is 8.54. The van der Waals surface area contributed by atoms with Gasteiger partial charge in [-0.25, -0.2) is 0 Å². The maximum atomic E-state index is 12.6. The Morgan fingerprint density at radius 2 is 1.69 bits per heavy atom. The second-order valence-electron chi connectivity index (χ2n) is 8.16. The van der Waals surface area contributed by atoms with E-state index in [2.05, 4.69) is 36.5 Å². The molecule has 0 aromatic heterocycles. The van der Waals surface area contributed by atoms with Gasteiger partial charge in [-0.1, -0.05) is 35.9 Å². The lowest BCUT2D eigenvalue weighted by Crippen LogP contribution is -2.34. The van der Waals surface area contributed by atoms with Gasteiger partial charge in [0.2, 0.25) is 11.8 Å². The zero-order valence-corrected chi connectivity index (χ0v) is 19.4. The van der Waals surface area contributed by atoms with Gasteiger partial charge in [0.15, 0.2) is 11.5 Å². The van der Waals surface area contributed by atoms with Crippen LogP contribution >= 0.6 is 0 Å². The summed E-state index contributed by atoms with van der Waals surface area (Å²) in [5.74, 6) is 1.19. The van der Waals surface area contributed by atoms with Gasteiger partial charge in [0, 0.05) is 26.1 Å². The normalized spacial score (nSPS) is 15.7. The van der Waals surface area contributed by atoms with Gasteiger partial charge in [-0.3, -0.25) is 9.59 Å². The summed E-state index contributed by atoms with van der Waals surface area (Å²) in [5.41, 5.74) is 3.50. The van der Waals surface area contributed by atoms with Gasteiger partial charge in [-0.05, 0) is 56.9 Å². The summed E-state index contributed by atoms with van der Waals surface area (Å²) in [4.78, 5) is 26.8. The van der Waals surface area contributed by atoms with Crippen LogP contribution in [0.15, 0.2) is 42.5 Å². The standard InChI is InChI=1S/C26H34N2O4/c1-4-31-23-11-10-21(16-24(23)32-5-2)12-14-27-26(30)22-17-25(29)28(18-22)15-13-20-8-6-19(3)7-9-20/h6-11,16,22H,4-5,12-15,17-18H2,1-3H3,(H,27,30). The van der Waals surface area contributed by atoms with Crippen molar-refractivity contribution in [3.8, 4) is 11.5 Å². The lowest BCUT2D eigenvalue weighted by atomic mass is 10.1. The molecule has 2 aromatic carbocycles. The van der Waals surface area contributed by atoms with Crippen molar-refractivity contribution >= 4 is 11.8 Å². The van der Waals surface area contributed by atoms with Crippen LogP contribution in [0.2, 0.25) is 0 Å². The van der Waals surface area contributed by atoms with Gasteiger partial charge in [0.1, 0.15) is 0 Å². The van der Waals surface area contributed by atoms with Crippen molar-refractivity contribution in [2.24, 2.45) is 5.92 Å². The number of carbonyl (C=O) groups excluding carboxylic acids is 2. The molecule has 0 spiro atoms. The van der Waals surface area contributed by atoms with Gasteiger partial charge in [0.05, 0.1) is 19.1 Å². The molecule has 0 saturated carbocycles. The van der Waals surface area contributed by atoms with E-state index in [0.29, 0.717) is 39.3 Å². The third-order valence-corrected chi connectivity index (χ3v) is 5.70. The lowest BCUT2D eigenvalue weighted by Gasteiger charge is -2.17. The monoisotopic (exact) mass is 438 g/mol. The number of hydrogen-bond donors (Lipinski definition) is 1. The van der Waals surface area contributed by atoms with Crippen molar-refractivity contribution in [2.45, 2.75) is 40.0 Å². The van der Waals surface area contributed by atoms with Gasteiger partial charge < -0.3 is 19.7 Å². The summed E-state index contributed by atoms with van der Waals surface area (Å²) in [6, 6.07) is 14.2. The van der Waals surface area contributed by atoms with Crippen molar-refractivity contribution < 1.29 is 19.1 Å². The zero-order valence-electron chi connectivity index (χ0n) is 19.4. The van der Waals surface area contributed by atoms with Crippen molar-refractivity contribution in [1.82, 2.24) is 10.2 Å². The number of nitrogens with one attached hydrogen (secondary N) is 1. The number of hydrogen-bond acceptors (Lipinski definition) is 4. The minimum Gasteiger partial charge on any atom is -0.490 e. The average molecular weight is 439 g/mol. The van der Waals surface area contributed by atoms with Crippen molar-refractivity contribution in [3.63, 3.8) is 0 Å². The van der Waals surface area contributed by atoms with E-state index in [1.807, 2.05) is 36.9 Å². The van der Waals surface area contributed by atoms with E-state index in [9.17, 15) is 9.59 Å². The van der Waals surface area contributed by atoms with Gasteiger partial charge in [-0.2, -0.15) is 0 Å². The summed E-state index contributed by atoms with van der Waals surface area (Å²) in [7, 11) is 0. The number of ether oxygens (including phenoxy) is 2. The van der Waals surface area contributed by atoms with Crippen LogP contribution in [0.4, 0.5) is 0 Å². The Hall–Kier alpha value is -3.02. The lowest BCUT2D eigenvalue weighted by molar-refractivity contribution is -0.129. The third kappa shape index (κ3) is 6.49. The van der Waals surface area contributed by atoms with Crippen molar-refractivity contribution in [2.75, 3.05) is 32.8 Å². The first-order valence-corrected chi connectivity index (χ1v) is 11.5. The molecular formula is C26H34N2O4. The van der Waals surface area contributed by atoms with E-state index in [0.717, 1.165) is 23.5 Å². The quantitative estimate of drug-likeness (QED) is 0.583. The van der Waals surface area contributed by atoms with E-state index in [4.69, 9.17) is 9.47 Å². The molecule has 2 amide bonds. The predicted octanol–water partition coefficient (Wildman–Crippen LogP) is 3.54. The first kappa shape index (κ1) is 23.6. The number of benzene rings is 2. The van der Waals surface area contributed by atoms with Crippen LogP contribution in [0.3, 0.4) is 0 Å². The van der Waals surface area contributed by atoms with Crippen LogP contribution < -0.4 is 14.8 Å². The molecule has 6 nitrogen and oxygen atoms in total. The van der Waals surface area contributed by atoms with Crippen LogP contribution in [0, 0.1) is 12.8 Å². The maximum Gasteiger partial charge on any atom is 0.225 e. The molecule has 0 radical (unpaired) electrons. The molecule has 1 N–H and O–H groups in total. The highest BCUT2D eigenvalue weighted by Crippen LogP contribution is 2.28. The summed E-state index contributed by atoms with van der Waals surface area (Å²) in [6.45, 7) is 8.75. The molecule has 1 saturated heterocycles. The number of rotatable bonds is 11. The summed E-state index contributed by atoms with van der Waals surface area (Å²) in [6.07, 6.45) is 1.79. The highest BCUT2D eigenvalue weighted by molar-refractivity contribution is 5.89. The fraction of sp³-hybridized carbons (Fsp3) is 0.462. The first-order chi connectivity index (χ1) is 15.5. The molecule has 6 heteroatoms. The Morgan fingerprint density at radius 1 is 1.00 bits per heavy atom. The van der Waals surface area contributed by atoms with Crippen LogP contribution in [0.1, 0.15) is 37.0 Å². The molecule has 1 aliphatic rings. The van der Waals surface area contributed by atoms with E-state index in [-0.39, 0.29) is 24.2 Å². The average Bonchev–Trinajstić information content (AvgIpc) is 3.16. The van der Waals surface area contributed by atoms with Gasteiger partial charge >= 0.3 is 0 Å². The molecule has 1 unspecified atom stereocenters. The van der Waals surface area contributed by atoms with E-state index in [1.165, 1.54) is 11.1 Å². The van der Waals surface area contributed by atoms with Crippen LogP contribution in [-0.2, 0) is 22.4 Å². The Morgan fingerprint density at radius 3 is 2.41 bits per heavy atom. The Labute approximate surface area is 190 Å². The van der Waals surface area contributed by atoms with Crippen LogP contribution in [-0.4, -0.2) is 49.6 Å². The molecule has 32 heavy (non-hydrogen) atoms. The maximum absolute atomic E-state index is 12.6. The van der Waals surface area contributed by atoms with E-state index in [1.54, 1.807) is 0 Å². The summed E-state index contributed by atoms with van der Waals surface area (Å²) in [5, 5.41) is 3.00. The number of carbonyl (C=O) groups is 2. The fourth-order valence-corrected chi connectivity index (χ4v) is 3.91. The molecule has 2 aromatic rings. The second kappa shape index (κ2) is 11.6. The highest BCUT2D eigenvalue weighted by Gasteiger charge is 2.33. The fourth-order valence-electron chi connectivity index (χ4n) is 3.91. The minimum atomic E-state index is -0.278. The van der Waals surface area contributed by atoms with Crippen LogP contribution in [0.5, 0.6) is 11.5 Å². The molecule has 1 aliphatic heterocycles. The number of nitrogens with zero attached hydrogens (tertiary/aromatic N) is 1. The molecular weight excluding hydrogens is 404 g/mol. The number of likely N-dealkylation sites (tertiary alicyclic amines) is 1. The van der Waals surface area contributed by atoms with Crippen LogP contribution in [0.25, 0.3) is 0 Å². The zero-order chi connectivity index (χ0) is 22.9. The van der Waals surface area contributed by atoms with E-state index < -0.39 is 0 Å². The molecule has 0 aliphatic carbocycles. The largest absolute Gasteiger partial charge is 0.490 e. The Balaban J connectivity index is 1.45. The number of aryl methyl sites for hydroxylation is 1. The third-order valence-electron chi connectivity index (χ3n) is 5.70. The topological polar surface area (TPSA) is 67.9 Å². The van der Waals surface area contributed by atoms with E-state index >= 15 is 0 Å². The molecule has 172 valence electrons. The first-order valence-electron chi connectivity index (χ1n) is 11.5. The SMILES string of the molecule is CCOc1ccc(CCNC(=O)C2CC(=O)N(CCc3ccc(C)cc3)C2)cc1OCC. The molecule has 0 bridgehead atoms. The molecule has 1 fully saturated rings.